The molecule has 1 unspecified atom stereocenters. The molecule has 2 heterocycles. The maximum absolute atomic E-state index is 13.2. The molecule has 0 aromatic heterocycles. The van der Waals surface area contributed by atoms with E-state index >= 15 is 0 Å². The molecule has 31 heavy (non-hydrogen) atoms. The Morgan fingerprint density at radius 3 is 2.19 bits per heavy atom. The number of esters is 1. The lowest BCUT2D eigenvalue weighted by Crippen LogP contribution is -2.54. The minimum absolute atomic E-state index is 0.179. The smallest absolute Gasteiger partial charge is 0.331 e. The summed E-state index contributed by atoms with van der Waals surface area (Å²) in [5.74, 6) is -1.33. The van der Waals surface area contributed by atoms with Gasteiger partial charge in [-0.1, -0.05) is 30.3 Å². The lowest BCUT2D eigenvalue weighted by Gasteiger charge is -2.36. The molecule has 0 saturated carbocycles. The van der Waals surface area contributed by atoms with Crippen LogP contribution in [-0.2, 0) is 9.53 Å². The summed E-state index contributed by atoms with van der Waals surface area (Å²) in [5, 5.41) is 0. The van der Waals surface area contributed by atoms with Gasteiger partial charge in [0.05, 0.1) is 18.2 Å². The normalized spacial score (nSPS) is 20.2. The maximum atomic E-state index is 13.2. The van der Waals surface area contributed by atoms with E-state index in [9.17, 15) is 19.2 Å². The summed E-state index contributed by atoms with van der Waals surface area (Å²) in [6.07, 6.45) is 1.87. The second-order valence-electron chi connectivity index (χ2n) is 7.86. The maximum Gasteiger partial charge on any atom is 0.331 e. The van der Waals surface area contributed by atoms with Gasteiger partial charge in [0.15, 0.2) is 0 Å². The van der Waals surface area contributed by atoms with E-state index < -0.39 is 11.5 Å². The topological polar surface area (TPSA) is 84.0 Å². The fourth-order valence-electron chi connectivity index (χ4n) is 4.65. The number of hydrogen-bond acceptors (Lipinski definition) is 5. The zero-order valence-electron chi connectivity index (χ0n) is 17.4. The Balaban J connectivity index is 1.51. The van der Waals surface area contributed by atoms with Crippen molar-refractivity contribution in [2.45, 2.75) is 31.2 Å². The van der Waals surface area contributed by atoms with Gasteiger partial charge in [-0.2, -0.15) is 0 Å². The summed E-state index contributed by atoms with van der Waals surface area (Å²) < 4.78 is 5.09. The molecule has 1 fully saturated rings. The third kappa shape index (κ3) is 3.50. The van der Waals surface area contributed by atoms with Gasteiger partial charge in [-0.3, -0.25) is 19.3 Å². The van der Waals surface area contributed by atoms with E-state index in [1.807, 2.05) is 6.07 Å². The molecule has 2 aliphatic heterocycles. The number of likely N-dealkylation sites (tertiary alicyclic amines) is 1. The van der Waals surface area contributed by atoms with Crippen molar-refractivity contribution in [2.24, 2.45) is 0 Å². The van der Waals surface area contributed by atoms with Gasteiger partial charge >= 0.3 is 5.97 Å². The lowest BCUT2D eigenvalue weighted by atomic mass is 9.89. The van der Waals surface area contributed by atoms with E-state index in [0.717, 1.165) is 0 Å². The van der Waals surface area contributed by atoms with E-state index in [-0.39, 0.29) is 24.3 Å². The van der Waals surface area contributed by atoms with Gasteiger partial charge in [-0.25, -0.2) is 4.79 Å². The van der Waals surface area contributed by atoms with Crippen molar-refractivity contribution in [3.05, 3.63) is 71.3 Å². The number of hydrogen-bond donors (Lipinski definition) is 0. The molecule has 0 radical (unpaired) electrons. The van der Waals surface area contributed by atoms with Gasteiger partial charge in [0.1, 0.15) is 5.54 Å². The van der Waals surface area contributed by atoms with Crippen LogP contribution in [0.25, 0.3) is 0 Å². The minimum Gasteiger partial charge on any atom is -0.467 e. The number of carbonyl (C=O) groups excluding carboxylic acids is 4. The average molecular weight is 420 g/mol. The van der Waals surface area contributed by atoms with Crippen LogP contribution in [0, 0.1) is 0 Å². The molecule has 0 aliphatic carbocycles. The monoisotopic (exact) mass is 420 g/mol. The molecule has 7 nitrogen and oxygen atoms in total. The Kier molecular flexibility index (Phi) is 5.59. The molecule has 3 amide bonds. The Labute approximate surface area is 180 Å². The summed E-state index contributed by atoms with van der Waals surface area (Å²) >= 11 is 0. The van der Waals surface area contributed by atoms with Gasteiger partial charge in [0.25, 0.3) is 17.7 Å². The predicted octanol–water partition coefficient (Wildman–Crippen LogP) is 2.91. The molecule has 0 spiro atoms. The highest BCUT2D eigenvalue weighted by molar-refractivity contribution is 6.21. The van der Waals surface area contributed by atoms with E-state index in [0.29, 0.717) is 48.9 Å². The molecule has 2 aromatic rings. The fourth-order valence-corrected chi connectivity index (χ4v) is 4.65. The van der Waals surface area contributed by atoms with Crippen molar-refractivity contribution in [3.8, 4) is 0 Å². The number of ether oxygens (including phenoxy) is 1. The Morgan fingerprint density at radius 1 is 0.968 bits per heavy atom. The molecule has 2 aliphatic rings. The summed E-state index contributed by atoms with van der Waals surface area (Å²) in [6, 6.07) is 15.6. The van der Waals surface area contributed by atoms with Crippen LogP contribution in [-0.4, -0.2) is 59.2 Å². The third-order valence-electron chi connectivity index (χ3n) is 6.17. The van der Waals surface area contributed by atoms with Crippen molar-refractivity contribution >= 4 is 23.7 Å². The average Bonchev–Trinajstić information content (AvgIpc) is 3.34. The standard InChI is InChI=1S/C24H24N2O5/c1-31-23(30)24(14-8-16-26(24)20(27)17-9-3-2-4-10-17)13-7-15-25-21(28)18-11-5-6-12-19(18)22(25)29/h2-6,9-12H,7-8,13-16H2,1H3. The number of rotatable bonds is 6. The largest absolute Gasteiger partial charge is 0.467 e. The first kappa shape index (κ1) is 20.8. The van der Waals surface area contributed by atoms with Crippen molar-refractivity contribution in [3.63, 3.8) is 0 Å². The number of benzene rings is 2. The Morgan fingerprint density at radius 2 is 1.58 bits per heavy atom. The zero-order chi connectivity index (χ0) is 22.0. The molecule has 1 atom stereocenters. The van der Waals surface area contributed by atoms with Crippen LogP contribution >= 0.6 is 0 Å². The van der Waals surface area contributed by atoms with Crippen LogP contribution < -0.4 is 0 Å². The van der Waals surface area contributed by atoms with Gasteiger partial charge < -0.3 is 9.64 Å². The van der Waals surface area contributed by atoms with Crippen LogP contribution in [0.3, 0.4) is 0 Å². The molecule has 1 saturated heterocycles. The quantitative estimate of drug-likeness (QED) is 0.530. The van der Waals surface area contributed by atoms with Crippen molar-refractivity contribution in [2.75, 3.05) is 20.2 Å². The highest BCUT2D eigenvalue weighted by Crippen LogP contribution is 2.36. The van der Waals surface area contributed by atoms with Gasteiger partial charge in [-0.15, -0.1) is 0 Å². The third-order valence-corrected chi connectivity index (χ3v) is 6.17. The fraction of sp³-hybridized carbons (Fsp3) is 0.333. The number of carbonyl (C=O) groups is 4. The van der Waals surface area contributed by atoms with Crippen molar-refractivity contribution in [1.29, 1.82) is 0 Å². The summed E-state index contributed by atoms with van der Waals surface area (Å²) in [6.45, 7) is 0.633. The molecule has 160 valence electrons. The molecular formula is C24H24N2O5. The molecule has 4 rings (SSSR count). The van der Waals surface area contributed by atoms with Crippen molar-refractivity contribution < 1.29 is 23.9 Å². The van der Waals surface area contributed by atoms with Crippen LogP contribution in [0.2, 0.25) is 0 Å². The van der Waals surface area contributed by atoms with Crippen LogP contribution in [0.15, 0.2) is 54.6 Å². The van der Waals surface area contributed by atoms with Crippen LogP contribution in [0.4, 0.5) is 0 Å². The van der Waals surface area contributed by atoms with E-state index in [4.69, 9.17) is 4.74 Å². The highest BCUT2D eigenvalue weighted by atomic mass is 16.5. The number of methoxy groups -OCH3 is 1. The molecule has 7 heteroatoms. The number of fused-ring (bicyclic) bond motifs is 1. The first-order valence-corrected chi connectivity index (χ1v) is 10.4. The first-order valence-electron chi connectivity index (χ1n) is 10.4. The SMILES string of the molecule is COC(=O)C1(CCCN2C(=O)c3ccccc3C2=O)CCCN1C(=O)c1ccccc1. The summed E-state index contributed by atoms with van der Waals surface area (Å²) in [5.41, 5.74) is 0.215. The van der Waals surface area contributed by atoms with E-state index in [1.54, 1.807) is 53.4 Å². The van der Waals surface area contributed by atoms with Crippen LogP contribution in [0.1, 0.15) is 56.8 Å². The van der Waals surface area contributed by atoms with Gasteiger partial charge in [0.2, 0.25) is 0 Å². The first-order chi connectivity index (χ1) is 15.0. The zero-order valence-corrected chi connectivity index (χ0v) is 17.4. The van der Waals surface area contributed by atoms with Crippen molar-refractivity contribution in [1.82, 2.24) is 9.80 Å². The van der Waals surface area contributed by atoms with Gasteiger partial charge in [0, 0.05) is 18.7 Å². The molecular weight excluding hydrogens is 396 g/mol. The number of amides is 3. The summed E-state index contributed by atoms with van der Waals surface area (Å²) in [7, 11) is 1.32. The van der Waals surface area contributed by atoms with E-state index in [1.165, 1.54) is 12.0 Å². The Bertz CT molecular complexity index is 1000. The highest BCUT2D eigenvalue weighted by Gasteiger charge is 2.50. The molecule has 0 N–H and O–H groups in total. The lowest BCUT2D eigenvalue weighted by molar-refractivity contribution is -0.152. The number of imide groups is 1. The second kappa shape index (κ2) is 8.34. The second-order valence-corrected chi connectivity index (χ2v) is 7.86. The van der Waals surface area contributed by atoms with Crippen LogP contribution in [0.5, 0.6) is 0 Å². The minimum atomic E-state index is -1.10. The van der Waals surface area contributed by atoms with E-state index in [2.05, 4.69) is 0 Å². The predicted molar refractivity (Wildman–Crippen MR) is 113 cm³/mol. The Hall–Kier alpha value is -3.48. The molecule has 0 bridgehead atoms. The number of nitrogens with zero attached hydrogens (tertiary/aromatic N) is 2. The molecule has 2 aromatic carbocycles. The van der Waals surface area contributed by atoms with Gasteiger partial charge in [-0.05, 0) is 49.9 Å². The summed E-state index contributed by atoms with van der Waals surface area (Å²) in [4.78, 5) is 54.0.